The molecule has 4 N–H and O–H groups in total. The smallest absolute Gasteiger partial charge is 0.351 e. The first-order valence-electron chi connectivity index (χ1n) is 4.98. The standard InChI is InChI=1S/C9H13F2N3O4/c10-9(11,5-16)7(18-4-3-15)14-2-1-6(12)13-8(14)17/h1-2,7,15-16H,3-5H2,(H2,12,13,17). The van der Waals surface area contributed by atoms with Crippen molar-refractivity contribution in [2.75, 3.05) is 25.6 Å². The van der Waals surface area contributed by atoms with Gasteiger partial charge in [-0.3, -0.25) is 4.57 Å². The third-order valence-corrected chi connectivity index (χ3v) is 2.04. The van der Waals surface area contributed by atoms with Crippen LogP contribution in [0.2, 0.25) is 0 Å². The van der Waals surface area contributed by atoms with Crippen molar-refractivity contribution in [1.29, 1.82) is 0 Å². The molecule has 0 amide bonds. The molecule has 0 aliphatic carbocycles. The minimum absolute atomic E-state index is 0.121. The molecule has 1 aromatic heterocycles. The van der Waals surface area contributed by atoms with Crippen molar-refractivity contribution in [2.24, 2.45) is 0 Å². The summed E-state index contributed by atoms with van der Waals surface area (Å²) in [5.74, 6) is -3.82. The number of halogens is 2. The summed E-state index contributed by atoms with van der Waals surface area (Å²) in [5.41, 5.74) is 4.19. The van der Waals surface area contributed by atoms with Gasteiger partial charge >= 0.3 is 11.6 Å². The van der Waals surface area contributed by atoms with Gasteiger partial charge in [-0.2, -0.15) is 13.8 Å². The summed E-state index contributed by atoms with van der Waals surface area (Å²) in [4.78, 5) is 14.7. The Kier molecular flexibility index (Phi) is 4.70. The first kappa shape index (κ1) is 14.5. The average molecular weight is 265 g/mol. The Morgan fingerprint density at radius 3 is 2.72 bits per heavy atom. The van der Waals surface area contributed by atoms with E-state index in [1.165, 1.54) is 0 Å². The first-order chi connectivity index (χ1) is 8.42. The predicted octanol–water partition coefficient (Wildman–Crippen LogP) is -1.04. The van der Waals surface area contributed by atoms with Gasteiger partial charge in [0.2, 0.25) is 6.23 Å². The molecular weight excluding hydrogens is 252 g/mol. The van der Waals surface area contributed by atoms with Crippen molar-refractivity contribution in [1.82, 2.24) is 9.55 Å². The second-order valence-corrected chi connectivity index (χ2v) is 3.41. The van der Waals surface area contributed by atoms with Gasteiger partial charge in [-0.15, -0.1) is 0 Å². The molecule has 0 aromatic carbocycles. The van der Waals surface area contributed by atoms with Gasteiger partial charge in [-0.1, -0.05) is 0 Å². The van der Waals surface area contributed by atoms with E-state index in [9.17, 15) is 13.6 Å². The number of aliphatic hydroxyl groups excluding tert-OH is 2. The highest BCUT2D eigenvalue weighted by molar-refractivity contribution is 5.23. The van der Waals surface area contributed by atoms with E-state index >= 15 is 0 Å². The lowest BCUT2D eigenvalue weighted by molar-refractivity contribution is -0.196. The molecule has 1 heterocycles. The molecule has 0 spiro atoms. The summed E-state index contributed by atoms with van der Waals surface area (Å²) in [6.07, 6.45) is -1.08. The van der Waals surface area contributed by atoms with E-state index in [2.05, 4.69) is 9.72 Å². The molecule has 102 valence electrons. The molecule has 0 saturated carbocycles. The quantitative estimate of drug-likeness (QED) is 0.606. The number of nitrogen functional groups attached to an aromatic ring is 1. The maximum atomic E-state index is 13.4. The second kappa shape index (κ2) is 5.85. The Labute approximate surface area is 100 Å². The maximum absolute atomic E-state index is 13.4. The van der Waals surface area contributed by atoms with Gasteiger partial charge in [-0.05, 0) is 6.07 Å². The fourth-order valence-electron chi connectivity index (χ4n) is 1.25. The molecule has 0 bridgehead atoms. The number of aliphatic hydroxyl groups is 2. The number of aromatic nitrogens is 2. The van der Waals surface area contributed by atoms with Crippen LogP contribution in [-0.4, -0.2) is 45.5 Å². The Bertz CT molecular complexity index is 452. The number of nitrogens with zero attached hydrogens (tertiary/aromatic N) is 2. The zero-order valence-corrected chi connectivity index (χ0v) is 9.29. The molecule has 0 aliphatic rings. The summed E-state index contributed by atoms with van der Waals surface area (Å²) in [7, 11) is 0. The Balaban J connectivity index is 3.13. The highest BCUT2D eigenvalue weighted by Gasteiger charge is 2.42. The Morgan fingerprint density at radius 1 is 1.56 bits per heavy atom. The minimum atomic E-state index is -3.70. The molecular formula is C9H13F2N3O4. The minimum Gasteiger partial charge on any atom is -0.394 e. The van der Waals surface area contributed by atoms with Crippen molar-refractivity contribution in [3.8, 4) is 0 Å². The first-order valence-corrected chi connectivity index (χ1v) is 4.98. The molecule has 0 saturated heterocycles. The van der Waals surface area contributed by atoms with Gasteiger partial charge in [0.15, 0.2) is 0 Å². The summed E-state index contributed by atoms with van der Waals surface area (Å²) in [6, 6.07) is 1.14. The number of hydrogen-bond donors (Lipinski definition) is 3. The SMILES string of the molecule is Nc1ccn(C(OCCO)C(F)(F)CO)c(=O)n1. The van der Waals surface area contributed by atoms with Crippen LogP contribution in [0, 0.1) is 0 Å². The van der Waals surface area contributed by atoms with Gasteiger partial charge in [0.25, 0.3) is 0 Å². The highest BCUT2D eigenvalue weighted by atomic mass is 19.3. The molecule has 1 unspecified atom stereocenters. The number of alkyl halides is 2. The van der Waals surface area contributed by atoms with Crippen LogP contribution in [-0.2, 0) is 4.74 Å². The van der Waals surface area contributed by atoms with E-state index in [1.54, 1.807) is 0 Å². The van der Waals surface area contributed by atoms with Crippen LogP contribution in [0.4, 0.5) is 14.6 Å². The monoisotopic (exact) mass is 265 g/mol. The van der Waals surface area contributed by atoms with Crippen molar-refractivity contribution < 1.29 is 23.7 Å². The highest BCUT2D eigenvalue weighted by Crippen LogP contribution is 2.28. The van der Waals surface area contributed by atoms with Crippen LogP contribution in [0.1, 0.15) is 6.23 Å². The zero-order chi connectivity index (χ0) is 13.8. The molecule has 1 atom stereocenters. The summed E-state index contributed by atoms with van der Waals surface area (Å²) >= 11 is 0. The predicted molar refractivity (Wildman–Crippen MR) is 57.0 cm³/mol. The van der Waals surface area contributed by atoms with Crippen molar-refractivity contribution in [3.63, 3.8) is 0 Å². The van der Waals surface area contributed by atoms with Crippen LogP contribution >= 0.6 is 0 Å². The van der Waals surface area contributed by atoms with Crippen LogP contribution < -0.4 is 11.4 Å². The van der Waals surface area contributed by atoms with Crippen LogP contribution in [0.3, 0.4) is 0 Å². The third-order valence-electron chi connectivity index (χ3n) is 2.04. The van der Waals surface area contributed by atoms with Gasteiger partial charge < -0.3 is 20.7 Å². The summed E-state index contributed by atoms with van der Waals surface area (Å²) in [6.45, 7) is -2.44. The fourth-order valence-corrected chi connectivity index (χ4v) is 1.25. The number of anilines is 1. The van der Waals surface area contributed by atoms with Crippen LogP contribution in [0.5, 0.6) is 0 Å². The zero-order valence-electron chi connectivity index (χ0n) is 9.29. The fraction of sp³-hybridized carbons (Fsp3) is 0.556. The maximum Gasteiger partial charge on any atom is 0.351 e. The van der Waals surface area contributed by atoms with E-state index in [0.717, 1.165) is 12.3 Å². The van der Waals surface area contributed by atoms with Crippen molar-refractivity contribution in [2.45, 2.75) is 12.2 Å². The molecule has 0 radical (unpaired) electrons. The molecule has 18 heavy (non-hydrogen) atoms. The van der Waals surface area contributed by atoms with Crippen molar-refractivity contribution in [3.05, 3.63) is 22.7 Å². The Morgan fingerprint density at radius 2 is 2.22 bits per heavy atom. The number of nitrogens with two attached hydrogens (primary N) is 1. The molecule has 9 heteroatoms. The third kappa shape index (κ3) is 3.22. The topological polar surface area (TPSA) is 111 Å². The summed E-state index contributed by atoms with van der Waals surface area (Å²) < 4.78 is 32.0. The largest absolute Gasteiger partial charge is 0.394 e. The van der Waals surface area contributed by atoms with E-state index < -0.39 is 37.7 Å². The molecule has 7 nitrogen and oxygen atoms in total. The molecule has 1 aromatic rings. The normalized spacial score (nSPS) is 13.6. The van der Waals surface area contributed by atoms with Gasteiger partial charge in [-0.25, -0.2) is 4.79 Å². The van der Waals surface area contributed by atoms with Crippen LogP contribution in [0.15, 0.2) is 17.1 Å². The number of hydrogen-bond acceptors (Lipinski definition) is 6. The number of rotatable bonds is 6. The van der Waals surface area contributed by atoms with E-state index in [0.29, 0.717) is 4.57 Å². The summed E-state index contributed by atoms with van der Waals surface area (Å²) in [5, 5.41) is 17.2. The van der Waals surface area contributed by atoms with E-state index in [4.69, 9.17) is 15.9 Å². The lowest BCUT2D eigenvalue weighted by atomic mass is 10.3. The van der Waals surface area contributed by atoms with Crippen molar-refractivity contribution >= 4 is 5.82 Å². The lowest BCUT2D eigenvalue weighted by Crippen LogP contribution is -2.42. The Hall–Kier alpha value is -1.58. The molecule has 0 fully saturated rings. The molecule has 0 aliphatic heterocycles. The van der Waals surface area contributed by atoms with Gasteiger partial charge in [0, 0.05) is 6.20 Å². The average Bonchev–Trinajstić information content (AvgIpc) is 2.31. The molecule has 1 rings (SSSR count). The second-order valence-electron chi connectivity index (χ2n) is 3.41. The lowest BCUT2D eigenvalue weighted by Gasteiger charge is -2.26. The van der Waals surface area contributed by atoms with Gasteiger partial charge in [0.1, 0.15) is 12.4 Å². The van der Waals surface area contributed by atoms with E-state index in [-0.39, 0.29) is 5.82 Å². The van der Waals surface area contributed by atoms with Gasteiger partial charge in [0.05, 0.1) is 13.2 Å². The van der Waals surface area contributed by atoms with E-state index in [1.807, 2.05) is 0 Å². The van der Waals surface area contributed by atoms with Crippen LogP contribution in [0.25, 0.3) is 0 Å². The number of ether oxygens (including phenoxy) is 1.